The third-order valence-electron chi connectivity index (χ3n) is 5.20. The molecule has 0 atom stereocenters. The Kier molecular flexibility index (Phi) is 7.89. The first-order chi connectivity index (χ1) is 15.8. The maximum atomic E-state index is 13.2. The lowest BCUT2D eigenvalue weighted by atomic mass is 10.3. The Hall–Kier alpha value is -3.17. The lowest BCUT2D eigenvalue weighted by Crippen LogP contribution is -2.44. The highest BCUT2D eigenvalue weighted by atomic mass is 19.1. The van der Waals surface area contributed by atoms with Gasteiger partial charge in [0.15, 0.2) is 5.96 Å². The van der Waals surface area contributed by atoms with E-state index < -0.39 is 0 Å². The summed E-state index contributed by atoms with van der Waals surface area (Å²) in [6, 6.07) is 12.0. The molecular formula is C23H29FN6O2. The average Bonchev–Trinajstić information content (AvgIpc) is 3.51. The maximum Gasteiger partial charge on any atom is 0.191 e. The van der Waals surface area contributed by atoms with Crippen molar-refractivity contribution in [2.45, 2.75) is 13.0 Å². The molecule has 1 saturated heterocycles. The van der Waals surface area contributed by atoms with E-state index in [1.165, 1.54) is 12.1 Å². The van der Waals surface area contributed by atoms with Crippen molar-refractivity contribution in [3.8, 4) is 5.69 Å². The van der Waals surface area contributed by atoms with Gasteiger partial charge in [0.2, 0.25) is 0 Å². The number of nitrogens with one attached hydrogen (secondary N) is 2. The minimum Gasteiger partial charge on any atom is -0.469 e. The lowest BCUT2D eigenvalue weighted by molar-refractivity contribution is 0.0389. The molecule has 0 saturated carbocycles. The minimum atomic E-state index is -0.265. The third-order valence-corrected chi connectivity index (χ3v) is 5.20. The lowest BCUT2D eigenvalue weighted by Gasteiger charge is -2.26. The fraction of sp³-hybridized carbons (Fsp3) is 0.391. The predicted octanol–water partition coefficient (Wildman–Crippen LogP) is 2.21. The summed E-state index contributed by atoms with van der Waals surface area (Å²) >= 11 is 0. The van der Waals surface area contributed by atoms with Crippen molar-refractivity contribution >= 4 is 5.96 Å². The van der Waals surface area contributed by atoms with Crippen LogP contribution in [0.1, 0.15) is 11.5 Å². The highest BCUT2D eigenvalue weighted by Crippen LogP contribution is 2.09. The van der Waals surface area contributed by atoms with E-state index in [0.29, 0.717) is 13.1 Å². The molecule has 0 aliphatic carbocycles. The van der Waals surface area contributed by atoms with Crippen molar-refractivity contribution in [2.24, 2.45) is 4.99 Å². The summed E-state index contributed by atoms with van der Waals surface area (Å²) in [7, 11) is 0. The molecule has 32 heavy (non-hydrogen) atoms. The number of halogens is 1. The van der Waals surface area contributed by atoms with Crippen LogP contribution in [-0.2, 0) is 17.7 Å². The number of aromatic nitrogens is 2. The van der Waals surface area contributed by atoms with E-state index in [2.05, 4.69) is 20.6 Å². The Morgan fingerprint density at radius 1 is 1.06 bits per heavy atom. The van der Waals surface area contributed by atoms with Crippen molar-refractivity contribution in [3.05, 3.63) is 72.2 Å². The van der Waals surface area contributed by atoms with Crippen LogP contribution in [-0.4, -0.2) is 66.6 Å². The molecule has 2 N–H and O–H groups in total. The van der Waals surface area contributed by atoms with Gasteiger partial charge >= 0.3 is 0 Å². The van der Waals surface area contributed by atoms with Gasteiger partial charge < -0.3 is 19.8 Å². The topological polar surface area (TPSA) is 79.9 Å². The van der Waals surface area contributed by atoms with Crippen LogP contribution < -0.4 is 10.6 Å². The molecule has 0 spiro atoms. The van der Waals surface area contributed by atoms with Crippen molar-refractivity contribution in [1.82, 2.24) is 25.3 Å². The van der Waals surface area contributed by atoms with Gasteiger partial charge in [-0.15, -0.1) is 0 Å². The molecule has 0 radical (unpaired) electrons. The maximum absolute atomic E-state index is 13.2. The highest BCUT2D eigenvalue weighted by molar-refractivity contribution is 5.79. The fourth-order valence-corrected chi connectivity index (χ4v) is 3.43. The molecule has 0 unspecified atom stereocenters. The second kappa shape index (κ2) is 11.4. The molecule has 3 heterocycles. The number of morpholine rings is 1. The quantitative estimate of drug-likeness (QED) is 0.392. The number of hydrogen-bond donors (Lipinski definition) is 2. The molecule has 9 heteroatoms. The van der Waals surface area contributed by atoms with Gasteiger partial charge in [-0.2, -0.15) is 5.10 Å². The molecule has 1 aliphatic heterocycles. The molecular weight excluding hydrogens is 411 g/mol. The van der Waals surface area contributed by atoms with Crippen LogP contribution in [0, 0.1) is 5.82 Å². The van der Waals surface area contributed by atoms with Crippen LogP contribution in [0.25, 0.3) is 5.69 Å². The number of nitrogens with zero attached hydrogens (tertiary/aromatic N) is 4. The Bertz CT molecular complexity index is 965. The molecule has 3 aromatic rings. The molecule has 1 aliphatic rings. The Labute approximate surface area is 187 Å². The van der Waals surface area contributed by atoms with Crippen molar-refractivity contribution in [2.75, 3.05) is 45.9 Å². The Morgan fingerprint density at radius 2 is 1.88 bits per heavy atom. The summed E-state index contributed by atoms with van der Waals surface area (Å²) in [5, 5.41) is 11.3. The SMILES string of the molecule is Fc1ccc(-n2ccc(CN=C(NCCc3ccco3)NCCN3CCOCC3)n2)cc1. The molecule has 4 rings (SSSR count). The normalized spacial score (nSPS) is 15.1. The van der Waals surface area contributed by atoms with E-state index in [1.807, 2.05) is 24.4 Å². The smallest absolute Gasteiger partial charge is 0.191 e. The van der Waals surface area contributed by atoms with Crippen molar-refractivity contribution in [1.29, 1.82) is 0 Å². The van der Waals surface area contributed by atoms with Gasteiger partial charge in [0.1, 0.15) is 11.6 Å². The zero-order valence-electron chi connectivity index (χ0n) is 18.0. The Morgan fingerprint density at radius 3 is 2.66 bits per heavy atom. The monoisotopic (exact) mass is 440 g/mol. The zero-order chi connectivity index (χ0) is 22.0. The number of furan rings is 1. The van der Waals surface area contributed by atoms with E-state index in [4.69, 9.17) is 14.1 Å². The van der Waals surface area contributed by atoms with Gasteiger partial charge in [-0.3, -0.25) is 4.90 Å². The van der Waals surface area contributed by atoms with E-state index in [9.17, 15) is 4.39 Å². The standard InChI is InChI=1S/C23H29FN6O2/c24-19-3-5-21(6-4-19)30-11-8-20(28-30)18-27-23(25-9-7-22-2-1-15-32-22)26-10-12-29-13-16-31-17-14-29/h1-6,8,11,15H,7,9-10,12-14,16-18H2,(H2,25,26,27). The van der Waals surface area contributed by atoms with Crippen LogP contribution in [0.4, 0.5) is 4.39 Å². The predicted molar refractivity (Wildman–Crippen MR) is 120 cm³/mol. The van der Waals surface area contributed by atoms with E-state index >= 15 is 0 Å². The van der Waals surface area contributed by atoms with Gasteiger partial charge in [-0.1, -0.05) is 0 Å². The number of benzene rings is 1. The Balaban J connectivity index is 1.33. The molecule has 1 fully saturated rings. The number of hydrogen-bond acceptors (Lipinski definition) is 5. The second-order valence-corrected chi connectivity index (χ2v) is 7.53. The first kappa shape index (κ1) is 22.0. The minimum absolute atomic E-state index is 0.265. The van der Waals surface area contributed by atoms with E-state index in [1.54, 1.807) is 23.1 Å². The van der Waals surface area contributed by atoms with Crippen LogP contribution >= 0.6 is 0 Å². The number of rotatable bonds is 9. The molecule has 0 bridgehead atoms. The number of aliphatic imine (C=N–C) groups is 1. The van der Waals surface area contributed by atoms with Gasteiger partial charge in [-0.25, -0.2) is 14.1 Å². The van der Waals surface area contributed by atoms with Crippen molar-refractivity contribution < 1.29 is 13.5 Å². The largest absolute Gasteiger partial charge is 0.469 e. The van der Waals surface area contributed by atoms with Crippen LogP contribution in [0.3, 0.4) is 0 Å². The van der Waals surface area contributed by atoms with E-state index in [0.717, 1.165) is 68.9 Å². The first-order valence-electron chi connectivity index (χ1n) is 10.9. The fourth-order valence-electron chi connectivity index (χ4n) is 3.43. The molecule has 0 amide bonds. The zero-order valence-corrected chi connectivity index (χ0v) is 18.0. The summed E-state index contributed by atoms with van der Waals surface area (Å²) in [5.41, 5.74) is 1.64. The third kappa shape index (κ3) is 6.66. The number of ether oxygens (including phenoxy) is 1. The second-order valence-electron chi connectivity index (χ2n) is 7.53. The summed E-state index contributed by atoms with van der Waals surface area (Å²) in [5.74, 6) is 1.41. The van der Waals surface area contributed by atoms with E-state index in [-0.39, 0.29) is 5.82 Å². The van der Waals surface area contributed by atoms with Crippen LogP contribution in [0.2, 0.25) is 0 Å². The molecule has 2 aromatic heterocycles. The van der Waals surface area contributed by atoms with Gasteiger partial charge in [0, 0.05) is 45.3 Å². The molecule has 8 nitrogen and oxygen atoms in total. The average molecular weight is 441 g/mol. The van der Waals surface area contributed by atoms with Crippen LogP contribution in [0.5, 0.6) is 0 Å². The van der Waals surface area contributed by atoms with Crippen LogP contribution in [0.15, 0.2) is 64.3 Å². The van der Waals surface area contributed by atoms with Gasteiger partial charge in [0.25, 0.3) is 0 Å². The summed E-state index contributed by atoms with van der Waals surface area (Å²) in [6.07, 6.45) is 4.31. The van der Waals surface area contributed by atoms with Crippen molar-refractivity contribution in [3.63, 3.8) is 0 Å². The molecule has 170 valence electrons. The summed E-state index contributed by atoms with van der Waals surface area (Å²) < 4.78 is 25.7. The molecule has 1 aromatic carbocycles. The first-order valence-corrected chi connectivity index (χ1v) is 10.9. The van der Waals surface area contributed by atoms with Gasteiger partial charge in [0.05, 0.1) is 37.4 Å². The highest BCUT2D eigenvalue weighted by Gasteiger charge is 2.10. The van der Waals surface area contributed by atoms with Gasteiger partial charge in [-0.05, 0) is 42.5 Å². The summed E-state index contributed by atoms with van der Waals surface area (Å²) in [6.45, 7) is 6.36. The summed E-state index contributed by atoms with van der Waals surface area (Å²) in [4.78, 5) is 7.08. The number of guanidine groups is 1.